The van der Waals surface area contributed by atoms with Crippen LogP contribution in [0.15, 0.2) is 40.9 Å². The zero-order chi connectivity index (χ0) is 20.6. The third kappa shape index (κ3) is 5.02. The van der Waals surface area contributed by atoms with Gasteiger partial charge in [-0.15, -0.1) is 0 Å². The van der Waals surface area contributed by atoms with Crippen LogP contribution in [0.3, 0.4) is 0 Å². The van der Waals surface area contributed by atoms with E-state index in [4.69, 9.17) is 9.47 Å². The van der Waals surface area contributed by atoms with E-state index in [9.17, 15) is 9.59 Å². The second-order valence-electron chi connectivity index (χ2n) is 8.76. The van der Waals surface area contributed by atoms with Crippen LogP contribution in [0.1, 0.15) is 67.0 Å². The Hall–Kier alpha value is -2.50. The minimum absolute atomic E-state index is 0.402. The number of H-pyrrole nitrogens is 1. The molecule has 1 aliphatic rings. The van der Waals surface area contributed by atoms with Gasteiger partial charge in [-0.05, 0) is 67.5 Å². The van der Waals surface area contributed by atoms with Gasteiger partial charge in [0, 0.05) is 23.3 Å². The van der Waals surface area contributed by atoms with Crippen molar-refractivity contribution in [2.75, 3.05) is 0 Å². The summed E-state index contributed by atoms with van der Waals surface area (Å²) in [5, 5.41) is 3.15. The van der Waals surface area contributed by atoms with Gasteiger partial charge in [-0.2, -0.15) is 0 Å². The van der Waals surface area contributed by atoms with Crippen LogP contribution in [-0.2, 0) is 19.1 Å². The molecule has 148 valence electrons. The summed E-state index contributed by atoms with van der Waals surface area (Å²) in [6.07, 6.45) is 1.77. The fourth-order valence-corrected chi connectivity index (χ4v) is 3.04. The number of carbonyl (C=O) groups excluding carboxylic acids is 2. The molecule has 2 rings (SSSR count). The van der Waals surface area contributed by atoms with Gasteiger partial charge in [0.05, 0.1) is 17.1 Å². The highest BCUT2D eigenvalue weighted by Crippen LogP contribution is 2.39. The summed E-state index contributed by atoms with van der Waals surface area (Å²) in [4.78, 5) is 29.1. The molecule has 2 heterocycles. The van der Waals surface area contributed by atoms with E-state index in [1.165, 1.54) is 0 Å². The van der Waals surface area contributed by atoms with Gasteiger partial charge in [0.25, 0.3) is 0 Å². The molecule has 0 spiro atoms. The van der Waals surface area contributed by atoms with Gasteiger partial charge in [0.2, 0.25) is 0 Å². The molecule has 0 saturated carbocycles. The van der Waals surface area contributed by atoms with Crippen LogP contribution in [0.25, 0.3) is 0 Å². The average Bonchev–Trinajstić information content (AvgIpc) is 2.95. The van der Waals surface area contributed by atoms with Crippen LogP contribution < -0.4 is 5.32 Å². The van der Waals surface area contributed by atoms with Crippen LogP contribution >= 0.6 is 0 Å². The van der Waals surface area contributed by atoms with Crippen molar-refractivity contribution in [3.05, 3.63) is 46.6 Å². The first-order valence-corrected chi connectivity index (χ1v) is 9.08. The molecule has 6 heteroatoms. The largest absolute Gasteiger partial charge is 0.457 e. The Labute approximate surface area is 161 Å². The molecule has 0 fully saturated rings. The van der Waals surface area contributed by atoms with Crippen molar-refractivity contribution in [3.8, 4) is 0 Å². The van der Waals surface area contributed by atoms with Crippen molar-refractivity contribution in [3.63, 3.8) is 0 Å². The number of hydrogen-bond donors (Lipinski definition) is 2. The van der Waals surface area contributed by atoms with Crippen LogP contribution in [0.4, 0.5) is 0 Å². The summed E-state index contributed by atoms with van der Waals surface area (Å²) in [6.45, 7) is 14.5. The van der Waals surface area contributed by atoms with Crippen LogP contribution in [-0.4, -0.2) is 28.1 Å². The molecule has 1 aliphatic heterocycles. The molecule has 0 saturated heterocycles. The summed E-state index contributed by atoms with van der Waals surface area (Å²) < 4.78 is 11.2. The van der Waals surface area contributed by atoms with E-state index in [0.717, 1.165) is 5.69 Å². The van der Waals surface area contributed by atoms with Crippen molar-refractivity contribution in [1.82, 2.24) is 10.3 Å². The first kappa shape index (κ1) is 20.8. The minimum Gasteiger partial charge on any atom is -0.457 e. The third-order valence-electron chi connectivity index (χ3n) is 3.93. The number of allylic oxidation sites excluding steroid dienone is 2. The number of ether oxygens (including phenoxy) is 2. The quantitative estimate of drug-likeness (QED) is 0.784. The summed E-state index contributed by atoms with van der Waals surface area (Å²) in [7, 11) is 0. The molecule has 0 amide bonds. The number of rotatable bonds is 3. The maximum Gasteiger partial charge on any atom is 0.337 e. The number of carbonyl (C=O) groups is 2. The molecule has 0 aromatic carbocycles. The topological polar surface area (TPSA) is 80.4 Å². The van der Waals surface area contributed by atoms with Crippen LogP contribution in [0.2, 0.25) is 0 Å². The lowest BCUT2D eigenvalue weighted by molar-refractivity contribution is -0.150. The maximum absolute atomic E-state index is 13.0. The zero-order valence-corrected chi connectivity index (χ0v) is 17.4. The van der Waals surface area contributed by atoms with Gasteiger partial charge in [0.1, 0.15) is 11.2 Å². The number of aromatic amines is 1. The molecule has 1 aromatic rings. The Morgan fingerprint density at radius 3 is 1.67 bits per heavy atom. The normalized spacial score (nSPS) is 16.3. The molecule has 27 heavy (non-hydrogen) atoms. The monoisotopic (exact) mass is 374 g/mol. The molecular formula is C21H30N2O4. The Morgan fingerprint density at radius 2 is 1.33 bits per heavy atom. The first-order chi connectivity index (χ1) is 12.3. The van der Waals surface area contributed by atoms with Crippen LogP contribution in [0.5, 0.6) is 0 Å². The van der Waals surface area contributed by atoms with Gasteiger partial charge < -0.3 is 19.8 Å². The molecule has 0 aliphatic carbocycles. The van der Waals surface area contributed by atoms with Gasteiger partial charge >= 0.3 is 11.9 Å². The van der Waals surface area contributed by atoms with Gasteiger partial charge in [0.15, 0.2) is 0 Å². The Balaban J connectivity index is 2.55. The first-order valence-electron chi connectivity index (χ1n) is 9.08. The smallest absolute Gasteiger partial charge is 0.337 e. The number of esters is 2. The fourth-order valence-electron chi connectivity index (χ4n) is 3.04. The predicted octanol–water partition coefficient (Wildman–Crippen LogP) is 3.93. The van der Waals surface area contributed by atoms with Crippen molar-refractivity contribution in [2.45, 2.75) is 72.5 Å². The van der Waals surface area contributed by atoms with Crippen molar-refractivity contribution >= 4 is 11.9 Å². The molecule has 2 N–H and O–H groups in total. The van der Waals surface area contributed by atoms with E-state index in [2.05, 4.69) is 10.3 Å². The van der Waals surface area contributed by atoms with Gasteiger partial charge in [-0.3, -0.25) is 0 Å². The second-order valence-corrected chi connectivity index (χ2v) is 8.76. The Kier molecular flexibility index (Phi) is 5.59. The highest BCUT2D eigenvalue weighted by molar-refractivity contribution is 6.00. The Bertz CT molecular complexity index is 737. The van der Waals surface area contributed by atoms with Crippen molar-refractivity contribution in [1.29, 1.82) is 0 Å². The fraction of sp³-hybridized carbons (Fsp3) is 0.524. The highest BCUT2D eigenvalue weighted by Gasteiger charge is 2.40. The van der Waals surface area contributed by atoms with E-state index < -0.39 is 29.1 Å². The summed E-state index contributed by atoms with van der Waals surface area (Å²) in [6, 6.07) is 3.69. The van der Waals surface area contributed by atoms with Crippen molar-refractivity contribution in [2.24, 2.45) is 0 Å². The second kappa shape index (κ2) is 7.25. The predicted molar refractivity (Wildman–Crippen MR) is 104 cm³/mol. The summed E-state index contributed by atoms with van der Waals surface area (Å²) >= 11 is 0. The average molecular weight is 374 g/mol. The maximum atomic E-state index is 13.0. The summed E-state index contributed by atoms with van der Waals surface area (Å²) in [5.74, 6) is -1.51. The number of aromatic nitrogens is 1. The summed E-state index contributed by atoms with van der Waals surface area (Å²) in [5.41, 5.74) is 1.57. The third-order valence-corrected chi connectivity index (χ3v) is 3.93. The molecule has 0 radical (unpaired) electrons. The standard InChI is InChI=1S/C21H30N2O4/c1-12-15(18(24)26-20(3,4)5)17(14-10-9-11-22-14)16(13(2)23-12)19(25)27-21(6,7)8/h9-11,17,22-23H,1-8H3. The van der Waals surface area contributed by atoms with E-state index in [-0.39, 0.29) is 0 Å². The molecule has 0 bridgehead atoms. The molecule has 0 atom stereocenters. The van der Waals surface area contributed by atoms with E-state index in [1.807, 2.05) is 67.5 Å². The van der Waals surface area contributed by atoms with Crippen LogP contribution in [0, 0.1) is 0 Å². The lowest BCUT2D eigenvalue weighted by Crippen LogP contribution is -2.36. The molecular weight excluding hydrogens is 344 g/mol. The lowest BCUT2D eigenvalue weighted by Gasteiger charge is -2.32. The van der Waals surface area contributed by atoms with Gasteiger partial charge in [-0.1, -0.05) is 0 Å². The van der Waals surface area contributed by atoms with Crippen molar-refractivity contribution < 1.29 is 19.1 Å². The molecule has 6 nitrogen and oxygen atoms in total. The molecule has 1 aromatic heterocycles. The molecule has 0 unspecified atom stereocenters. The Morgan fingerprint density at radius 1 is 0.889 bits per heavy atom. The lowest BCUT2D eigenvalue weighted by atomic mass is 9.83. The van der Waals surface area contributed by atoms with E-state index >= 15 is 0 Å². The minimum atomic E-state index is -0.646. The van der Waals surface area contributed by atoms with E-state index in [0.29, 0.717) is 22.5 Å². The zero-order valence-electron chi connectivity index (χ0n) is 17.4. The highest BCUT2D eigenvalue weighted by atomic mass is 16.6. The SMILES string of the molecule is CC1=C(C(=O)OC(C)(C)C)C(c2ccc[nH]2)C(C(=O)OC(C)(C)C)=C(C)N1. The van der Waals surface area contributed by atoms with Gasteiger partial charge in [-0.25, -0.2) is 9.59 Å². The number of nitrogens with one attached hydrogen (secondary N) is 2. The number of hydrogen-bond acceptors (Lipinski definition) is 5. The van der Waals surface area contributed by atoms with E-state index in [1.54, 1.807) is 6.20 Å². The number of dihydropyridines is 1.